The van der Waals surface area contributed by atoms with Gasteiger partial charge in [-0.2, -0.15) is 0 Å². The molecular formula is C8H11BrN2S. The van der Waals surface area contributed by atoms with Crippen LogP contribution in [0.5, 0.6) is 0 Å². The monoisotopic (exact) mass is 246 g/mol. The zero-order valence-electron chi connectivity index (χ0n) is 6.96. The molecule has 0 aromatic carbocycles. The second-order valence-electron chi connectivity index (χ2n) is 3.20. The molecule has 0 bridgehead atoms. The van der Waals surface area contributed by atoms with Gasteiger partial charge in [0, 0.05) is 6.04 Å². The quantitative estimate of drug-likeness (QED) is 0.815. The largest absolute Gasteiger partial charge is 0.297 e. The van der Waals surface area contributed by atoms with E-state index in [1.807, 2.05) is 6.20 Å². The van der Waals surface area contributed by atoms with Crippen molar-refractivity contribution in [1.82, 2.24) is 9.88 Å². The summed E-state index contributed by atoms with van der Waals surface area (Å²) in [5.41, 5.74) is 0. The number of aromatic nitrogens is 1. The van der Waals surface area contributed by atoms with Crippen molar-refractivity contribution in [3.63, 3.8) is 0 Å². The van der Waals surface area contributed by atoms with Crippen molar-refractivity contribution in [3.05, 3.63) is 15.0 Å². The van der Waals surface area contributed by atoms with Crippen molar-refractivity contribution in [1.29, 1.82) is 0 Å². The molecule has 2 rings (SSSR count). The van der Waals surface area contributed by atoms with Crippen LogP contribution in [0.3, 0.4) is 0 Å². The Morgan fingerprint density at radius 3 is 3.00 bits per heavy atom. The molecule has 0 amide bonds. The molecule has 0 radical (unpaired) electrons. The Morgan fingerprint density at radius 2 is 2.50 bits per heavy atom. The normalized spacial score (nSPS) is 17.2. The summed E-state index contributed by atoms with van der Waals surface area (Å²) in [6.45, 7) is 1.00. The number of hydrogen-bond acceptors (Lipinski definition) is 3. The topological polar surface area (TPSA) is 16.1 Å². The Hall–Kier alpha value is 0.0700. The molecule has 0 atom stereocenters. The van der Waals surface area contributed by atoms with E-state index in [1.165, 1.54) is 17.8 Å². The van der Waals surface area contributed by atoms with Crippen molar-refractivity contribution < 1.29 is 0 Å². The van der Waals surface area contributed by atoms with E-state index in [0.717, 1.165) is 16.4 Å². The van der Waals surface area contributed by atoms with Gasteiger partial charge in [-0.25, -0.2) is 4.98 Å². The molecule has 12 heavy (non-hydrogen) atoms. The lowest BCUT2D eigenvalue weighted by Gasteiger charge is -2.12. The summed E-state index contributed by atoms with van der Waals surface area (Å²) >= 11 is 5.14. The zero-order valence-corrected chi connectivity index (χ0v) is 9.36. The fourth-order valence-electron chi connectivity index (χ4n) is 1.22. The fourth-order valence-corrected chi connectivity index (χ4v) is 2.59. The van der Waals surface area contributed by atoms with Crippen LogP contribution in [0.15, 0.2) is 9.98 Å². The van der Waals surface area contributed by atoms with Gasteiger partial charge < -0.3 is 0 Å². The van der Waals surface area contributed by atoms with Gasteiger partial charge in [0.15, 0.2) is 0 Å². The van der Waals surface area contributed by atoms with Crippen LogP contribution in [-0.2, 0) is 6.54 Å². The van der Waals surface area contributed by atoms with Crippen LogP contribution < -0.4 is 0 Å². The standard InChI is InChI=1S/C8H11BrN2S/c1-11(6-2-3-6)5-8-10-4-7(9)12-8/h4,6H,2-3,5H2,1H3. The van der Waals surface area contributed by atoms with E-state index in [0.29, 0.717) is 0 Å². The predicted molar refractivity (Wildman–Crippen MR) is 54.3 cm³/mol. The van der Waals surface area contributed by atoms with Crippen LogP contribution in [0.25, 0.3) is 0 Å². The van der Waals surface area contributed by atoms with E-state index >= 15 is 0 Å². The molecule has 1 aromatic heterocycles. The molecular weight excluding hydrogens is 236 g/mol. The van der Waals surface area contributed by atoms with E-state index in [-0.39, 0.29) is 0 Å². The maximum Gasteiger partial charge on any atom is 0.108 e. The minimum Gasteiger partial charge on any atom is -0.297 e. The summed E-state index contributed by atoms with van der Waals surface area (Å²) < 4.78 is 1.13. The number of halogens is 1. The lowest BCUT2D eigenvalue weighted by molar-refractivity contribution is 0.316. The summed E-state index contributed by atoms with van der Waals surface area (Å²) in [7, 11) is 2.17. The third-order valence-electron chi connectivity index (χ3n) is 2.08. The molecule has 0 unspecified atom stereocenters. The molecule has 1 aromatic rings. The van der Waals surface area contributed by atoms with Gasteiger partial charge in [-0.15, -0.1) is 11.3 Å². The summed E-state index contributed by atoms with van der Waals surface area (Å²) in [5.74, 6) is 0. The zero-order chi connectivity index (χ0) is 8.55. The maximum absolute atomic E-state index is 4.30. The summed E-state index contributed by atoms with van der Waals surface area (Å²) in [6.07, 6.45) is 4.60. The highest BCUT2D eigenvalue weighted by Crippen LogP contribution is 2.28. The molecule has 1 aliphatic carbocycles. The van der Waals surface area contributed by atoms with Gasteiger partial charge in [0.2, 0.25) is 0 Å². The van der Waals surface area contributed by atoms with E-state index in [1.54, 1.807) is 11.3 Å². The highest BCUT2D eigenvalue weighted by Gasteiger charge is 2.26. The van der Waals surface area contributed by atoms with Crippen molar-refractivity contribution in [2.45, 2.75) is 25.4 Å². The predicted octanol–water partition coefficient (Wildman–Crippen LogP) is 2.50. The van der Waals surface area contributed by atoms with Gasteiger partial charge in [0.05, 0.1) is 16.5 Å². The lowest BCUT2D eigenvalue weighted by atomic mass is 10.5. The van der Waals surface area contributed by atoms with Gasteiger partial charge in [0.25, 0.3) is 0 Å². The van der Waals surface area contributed by atoms with Crippen LogP contribution in [0.4, 0.5) is 0 Å². The van der Waals surface area contributed by atoms with Gasteiger partial charge in [-0.1, -0.05) is 0 Å². The molecule has 1 saturated carbocycles. The lowest BCUT2D eigenvalue weighted by Crippen LogP contribution is -2.19. The number of thiazole rings is 1. The first-order valence-corrected chi connectivity index (χ1v) is 5.67. The van der Waals surface area contributed by atoms with Gasteiger partial charge >= 0.3 is 0 Å². The Balaban J connectivity index is 1.93. The van der Waals surface area contributed by atoms with E-state index in [2.05, 4.69) is 32.9 Å². The second kappa shape index (κ2) is 3.44. The minimum absolute atomic E-state index is 0.827. The Morgan fingerprint density at radius 1 is 1.75 bits per heavy atom. The minimum atomic E-state index is 0.827. The first-order valence-electron chi connectivity index (χ1n) is 4.06. The van der Waals surface area contributed by atoms with Crippen molar-refractivity contribution in [2.24, 2.45) is 0 Å². The SMILES string of the molecule is CN(Cc1ncc(Br)s1)C1CC1. The van der Waals surface area contributed by atoms with Crippen LogP contribution in [0.2, 0.25) is 0 Å². The summed E-state index contributed by atoms with van der Waals surface area (Å²) in [4.78, 5) is 6.68. The molecule has 1 aliphatic rings. The average Bonchev–Trinajstić information content (AvgIpc) is 2.78. The van der Waals surface area contributed by atoms with Crippen molar-refractivity contribution in [3.8, 4) is 0 Å². The molecule has 0 spiro atoms. The Kier molecular flexibility index (Phi) is 2.48. The summed E-state index contributed by atoms with van der Waals surface area (Å²) in [6, 6.07) is 0.827. The Bertz CT molecular complexity index is 270. The number of nitrogens with zero attached hydrogens (tertiary/aromatic N) is 2. The molecule has 2 nitrogen and oxygen atoms in total. The second-order valence-corrected chi connectivity index (χ2v) is 5.70. The first-order chi connectivity index (χ1) is 5.75. The highest BCUT2D eigenvalue weighted by molar-refractivity contribution is 9.11. The number of rotatable bonds is 3. The Labute approximate surface area is 84.7 Å². The fraction of sp³-hybridized carbons (Fsp3) is 0.625. The van der Waals surface area contributed by atoms with Crippen molar-refractivity contribution >= 4 is 27.3 Å². The van der Waals surface area contributed by atoms with Gasteiger partial charge in [-0.3, -0.25) is 4.90 Å². The van der Waals surface area contributed by atoms with E-state index < -0.39 is 0 Å². The molecule has 4 heteroatoms. The smallest absolute Gasteiger partial charge is 0.108 e. The molecule has 1 heterocycles. The van der Waals surface area contributed by atoms with Crippen LogP contribution >= 0.6 is 27.3 Å². The first kappa shape index (κ1) is 8.66. The van der Waals surface area contributed by atoms with Crippen LogP contribution in [0.1, 0.15) is 17.8 Å². The van der Waals surface area contributed by atoms with Gasteiger partial charge in [-0.05, 0) is 35.8 Å². The van der Waals surface area contributed by atoms with Gasteiger partial charge in [0.1, 0.15) is 5.01 Å². The van der Waals surface area contributed by atoms with Crippen molar-refractivity contribution in [2.75, 3.05) is 7.05 Å². The van der Waals surface area contributed by atoms with Crippen LogP contribution in [-0.4, -0.2) is 23.0 Å². The van der Waals surface area contributed by atoms with E-state index in [9.17, 15) is 0 Å². The van der Waals surface area contributed by atoms with Crippen LogP contribution in [0, 0.1) is 0 Å². The molecule has 0 N–H and O–H groups in total. The third kappa shape index (κ3) is 2.06. The maximum atomic E-state index is 4.30. The molecule has 0 saturated heterocycles. The molecule has 66 valence electrons. The summed E-state index contributed by atoms with van der Waals surface area (Å²) in [5, 5.41) is 1.20. The number of hydrogen-bond donors (Lipinski definition) is 0. The third-order valence-corrected chi connectivity index (χ3v) is 3.54. The highest BCUT2D eigenvalue weighted by atomic mass is 79.9. The molecule has 1 fully saturated rings. The average molecular weight is 247 g/mol. The molecule has 0 aliphatic heterocycles. The van der Waals surface area contributed by atoms with E-state index in [4.69, 9.17) is 0 Å².